The van der Waals surface area contributed by atoms with Crippen molar-refractivity contribution in [2.75, 3.05) is 19.5 Å². The van der Waals surface area contributed by atoms with Gasteiger partial charge in [-0.15, -0.1) is 0 Å². The molecular weight excluding hydrogens is 204 g/mol. The molecule has 1 aliphatic rings. The fourth-order valence-corrected chi connectivity index (χ4v) is 1.98. The lowest BCUT2D eigenvalue weighted by Crippen LogP contribution is -2.23. The number of nitrogens with zero attached hydrogens (tertiary/aromatic N) is 1. The number of hydrogen-bond donors (Lipinski definition) is 1. The highest BCUT2D eigenvalue weighted by molar-refractivity contribution is 5.48. The summed E-state index contributed by atoms with van der Waals surface area (Å²) in [4.78, 5) is 4.54. The summed E-state index contributed by atoms with van der Waals surface area (Å²) in [6, 6.07) is 4.55. The number of nitrogens with one attached hydrogen (secondary N) is 1. The first kappa shape index (κ1) is 11.4. The van der Waals surface area contributed by atoms with E-state index in [4.69, 9.17) is 9.47 Å². The van der Waals surface area contributed by atoms with Crippen LogP contribution in [0, 0.1) is 0 Å². The molecule has 1 atom stereocenters. The van der Waals surface area contributed by atoms with E-state index in [2.05, 4.69) is 23.3 Å². The monoisotopic (exact) mass is 222 g/mol. The van der Waals surface area contributed by atoms with Crippen LogP contribution < -0.4 is 5.32 Å². The van der Waals surface area contributed by atoms with Gasteiger partial charge in [0.05, 0.1) is 5.69 Å². The van der Waals surface area contributed by atoms with Crippen LogP contribution in [0.3, 0.4) is 0 Å². The first-order valence-electron chi connectivity index (χ1n) is 5.56. The van der Waals surface area contributed by atoms with Gasteiger partial charge in [0.25, 0.3) is 0 Å². The van der Waals surface area contributed by atoms with Gasteiger partial charge in [-0.3, -0.25) is 0 Å². The van der Waals surface area contributed by atoms with Gasteiger partial charge >= 0.3 is 0 Å². The molecule has 1 aromatic rings. The SMILES string of the molecule is COC(OC)c1ccc2c(n1)N[C@@H](C)CC2. The van der Waals surface area contributed by atoms with Gasteiger partial charge in [-0.2, -0.15) is 0 Å². The molecule has 0 saturated heterocycles. The molecule has 4 nitrogen and oxygen atoms in total. The number of aryl methyl sites for hydroxylation is 1. The summed E-state index contributed by atoms with van der Waals surface area (Å²) in [5, 5.41) is 3.38. The van der Waals surface area contributed by atoms with E-state index < -0.39 is 0 Å². The molecule has 0 unspecified atom stereocenters. The normalized spacial score (nSPS) is 19.4. The molecule has 0 spiro atoms. The Morgan fingerprint density at radius 2 is 2.12 bits per heavy atom. The van der Waals surface area contributed by atoms with E-state index in [1.165, 1.54) is 5.56 Å². The van der Waals surface area contributed by atoms with Gasteiger partial charge in [0.1, 0.15) is 5.82 Å². The zero-order valence-corrected chi connectivity index (χ0v) is 9.99. The second-order valence-corrected chi connectivity index (χ2v) is 4.13. The van der Waals surface area contributed by atoms with Gasteiger partial charge in [-0.1, -0.05) is 6.07 Å². The molecule has 16 heavy (non-hydrogen) atoms. The molecule has 0 amide bonds. The number of ether oxygens (including phenoxy) is 2. The zero-order chi connectivity index (χ0) is 11.5. The molecule has 1 aromatic heterocycles. The summed E-state index contributed by atoms with van der Waals surface area (Å²) in [6.07, 6.45) is 1.86. The van der Waals surface area contributed by atoms with Crippen LogP contribution in [0.5, 0.6) is 0 Å². The molecule has 0 fully saturated rings. The second kappa shape index (κ2) is 4.80. The number of pyridine rings is 1. The Kier molecular flexibility index (Phi) is 3.41. The van der Waals surface area contributed by atoms with Crippen LogP contribution in [0.2, 0.25) is 0 Å². The van der Waals surface area contributed by atoms with Crippen LogP contribution in [0.4, 0.5) is 5.82 Å². The zero-order valence-electron chi connectivity index (χ0n) is 9.99. The quantitative estimate of drug-likeness (QED) is 0.795. The van der Waals surface area contributed by atoms with E-state index >= 15 is 0 Å². The molecule has 0 bridgehead atoms. The predicted octanol–water partition coefficient (Wildman–Crippen LogP) is 2.12. The highest BCUT2D eigenvalue weighted by atomic mass is 16.7. The Balaban J connectivity index is 2.27. The first-order chi connectivity index (χ1) is 7.74. The minimum absolute atomic E-state index is 0.385. The molecule has 1 N–H and O–H groups in total. The van der Waals surface area contributed by atoms with Crippen molar-refractivity contribution in [2.45, 2.75) is 32.1 Å². The number of hydrogen-bond acceptors (Lipinski definition) is 4. The van der Waals surface area contributed by atoms with Crippen molar-refractivity contribution in [1.82, 2.24) is 4.98 Å². The summed E-state index contributed by atoms with van der Waals surface area (Å²) in [6.45, 7) is 2.17. The van der Waals surface area contributed by atoms with E-state index in [0.29, 0.717) is 6.04 Å². The predicted molar refractivity (Wildman–Crippen MR) is 62.4 cm³/mol. The smallest absolute Gasteiger partial charge is 0.200 e. The van der Waals surface area contributed by atoms with Gasteiger partial charge in [-0.05, 0) is 31.4 Å². The highest BCUT2D eigenvalue weighted by Gasteiger charge is 2.18. The molecule has 0 radical (unpaired) electrons. The van der Waals surface area contributed by atoms with E-state index in [0.717, 1.165) is 24.4 Å². The average molecular weight is 222 g/mol. The van der Waals surface area contributed by atoms with E-state index in [1.807, 2.05) is 6.07 Å². The Morgan fingerprint density at radius 1 is 1.38 bits per heavy atom. The summed E-state index contributed by atoms with van der Waals surface area (Å²) in [5.41, 5.74) is 2.08. The Morgan fingerprint density at radius 3 is 2.81 bits per heavy atom. The van der Waals surface area contributed by atoms with Crippen LogP contribution in [-0.2, 0) is 15.9 Å². The van der Waals surface area contributed by atoms with Gasteiger partial charge < -0.3 is 14.8 Å². The van der Waals surface area contributed by atoms with Crippen molar-refractivity contribution in [3.63, 3.8) is 0 Å². The van der Waals surface area contributed by atoms with E-state index in [1.54, 1.807) is 14.2 Å². The molecule has 0 saturated carbocycles. The van der Waals surface area contributed by atoms with Gasteiger partial charge in [0.15, 0.2) is 0 Å². The van der Waals surface area contributed by atoms with Gasteiger partial charge in [0.2, 0.25) is 6.29 Å². The molecule has 2 heterocycles. The molecule has 1 aliphatic heterocycles. The van der Waals surface area contributed by atoms with Crippen molar-refractivity contribution in [2.24, 2.45) is 0 Å². The van der Waals surface area contributed by atoms with Gasteiger partial charge in [0, 0.05) is 20.3 Å². The molecule has 4 heteroatoms. The topological polar surface area (TPSA) is 43.4 Å². The first-order valence-corrected chi connectivity index (χ1v) is 5.56. The number of methoxy groups -OCH3 is 2. The Hall–Kier alpha value is -1.13. The van der Waals surface area contributed by atoms with Crippen LogP contribution in [0.25, 0.3) is 0 Å². The summed E-state index contributed by atoms with van der Waals surface area (Å²) >= 11 is 0. The van der Waals surface area contributed by atoms with Gasteiger partial charge in [-0.25, -0.2) is 4.98 Å². The standard InChI is InChI=1S/C12H18N2O2/c1-8-4-5-9-6-7-10(12(15-2)16-3)14-11(9)13-8/h6-8,12H,4-5H2,1-3H3,(H,13,14)/t8-/m0/s1. The van der Waals surface area contributed by atoms with Crippen LogP contribution in [0.15, 0.2) is 12.1 Å². The van der Waals surface area contributed by atoms with Crippen molar-refractivity contribution in [1.29, 1.82) is 0 Å². The summed E-state index contributed by atoms with van der Waals surface area (Å²) < 4.78 is 10.4. The second-order valence-electron chi connectivity index (χ2n) is 4.13. The van der Waals surface area contributed by atoms with Crippen molar-refractivity contribution < 1.29 is 9.47 Å². The fraction of sp³-hybridized carbons (Fsp3) is 0.583. The molecule has 0 aromatic carbocycles. The number of aromatic nitrogens is 1. The highest BCUT2D eigenvalue weighted by Crippen LogP contribution is 2.25. The van der Waals surface area contributed by atoms with Crippen molar-refractivity contribution in [3.05, 3.63) is 23.4 Å². The molecule has 2 rings (SSSR count). The van der Waals surface area contributed by atoms with Crippen molar-refractivity contribution >= 4 is 5.82 Å². The lowest BCUT2D eigenvalue weighted by Gasteiger charge is -2.24. The third-order valence-corrected chi connectivity index (χ3v) is 2.90. The summed E-state index contributed by atoms with van der Waals surface area (Å²) in [5.74, 6) is 0.968. The molecular formula is C12H18N2O2. The number of fused-ring (bicyclic) bond motifs is 1. The van der Waals surface area contributed by atoms with Crippen molar-refractivity contribution in [3.8, 4) is 0 Å². The van der Waals surface area contributed by atoms with Crippen LogP contribution in [0.1, 0.15) is 30.9 Å². The lowest BCUT2D eigenvalue weighted by atomic mass is 10.0. The largest absolute Gasteiger partial charge is 0.367 e. The Labute approximate surface area is 96.0 Å². The maximum absolute atomic E-state index is 5.19. The van der Waals surface area contributed by atoms with E-state index in [-0.39, 0.29) is 6.29 Å². The van der Waals surface area contributed by atoms with E-state index in [9.17, 15) is 0 Å². The minimum Gasteiger partial charge on any atom is -0.367 e. The molecule has 88 valence electrons. The number of rotatable bonds is 3. The van der Waals surface area contributed by atoms with Crippen LogP contribution in [-0.4, -0.2) is 25.2 Å². The third-order valence-electron chi connectivity index (χ3n) is 2.90. The number of anilines is 1. The fourth-order valence-electron chi connectivity index (χ4n) is 1.98. The maximum Gasteiger partial charge on any atom is 0.200 e. The average Bonchev–Trinajstić information content (AvgIpc) is 2.30. The van der Waals surface area contributed by atoms with Crippen LogP contribution >= 0.6 is 0 Å². The minimum atomic E-state index is -0.385. The lowest BCUT2D eigenvalue weighted by molar-refractivity contribution is -0.108. The maximum atomic E-state index is 5.19. The summed E-state index contributed by atoms with van der Waals surface area (Å²) in [7, 11) is 3.23. The molecule has 0 aliphatic carbocycles. The third kappa shape index (κ3) is 2.18. The Bertz CT molecular complexity index is 364.